The fraction of sp³-hybridized carbons (Fsp3) is 0.176. The van der Waals surface area contributed by atoms with Crippen molar-refractivity contribution in [2.45, 2.75) is 60.0 Å². The van der Waals surface area contributed by atoms with Crippen molar-refractivity contribution < 1.29 is 13.7 Å². The van der Waals surface area contributed by atoms with Crippen molar-refractivity contribution in [1.82, 2.24) is 13.7 Å². The normalized spacial score (nSPS) is 14.1. The molecule has 0 saturated carbocycles. The zero-order valence-electron chi connectivity index (χ0n) is 32.8. The largest absolute Gasteiger partial charge is 0.245 e. The molecule has 3 aliphatic rings. The molecule has 10 rings (SSSR count). The number of aromatic nitrogens is 6. The number of hydrogen-bond donors (Lipinski definition) is 0. The highest BCUT2D eigenvalue weighted by molar-refractivity contribution is 5.74. The molecule has 6 heteroatoms. The van der Waals surface area contributed by atoms with Gasteiger partial charge in [-0.3, -0.25) is 0 Å². The highest BCUT2D eigenvalue weighted by Gasteiger charge is 2.27. The van der Waals surface area contributed by atoms with Crippen molar-refractivity contribution in [2.75, 3.05) is 0 Å². The van der Waals surface area contributed by atoms with E-state index in [-0.39, 0.29) is 0 Å². The van der Waals surface area contributed by atoms with Crippen LogP contribution in [0.4, 0.5) is 0 Å². The van der Waals surface area contributed by atoms with E-state index in [2.05, 4.69) is 194 Å². The second-order valence-electron chi connectivity index (χ2n) is 15.5. The maximum Gasteiger partial charge on any atom is 0.245 e. The maximum absolute atomic E-state index is 3.41. The van der Waals surface area contributed by atoms with Gasteiger partial charge in [-0.05, 0) is 110 Å². The average Bonchev–Trinajstić information content (AvgIpc) is 4.10. The Hall–Kier alpha value is -6.93. The SMILES string of the molecule is Cc1c(Cn2c[n+](CC3=C=CC=C3)c3ccccc32)c(C)c(Cn2c[n+](CC3=C=CC=C3)c3ccccc32)c(C)c1Cn1c[n+](CC2=C=CC=C2)c2ccccc21. The first kappa shape index (κ1) is 34.6. The third kappa shape index (κ3) is 6.33. The molecule has 0 spiro atoms. The fourth-order valence-corrected chi connectivity index (χ4v) is 9.04. The van der Waals surface area contributed by atoms with Crippen LogP contribution in [0.25, 0.3) is 33.1 Å². The Morgan fingerprint density at radius 1 is 0.421 bits per heavy atom. The summed E-state index contributed by atoms with van der Waals surface area (Å²) in [5.41, 5.74) is 29.4. The quantitative estimate of drug-likeness (QED) is 0.0889. The van der Waals surface area contributed by atoms with Crippen LogP contribution in [0.15, 0.2) is 180 Å². The third-order valence-corrected chi connectivity index (χ3v) is 12.0. The summed E-state index contributed by atoms with van der Waals surface area (Å²) in [5, 5.41) is 0. The van der Waals surface area contributed by atoms with E-state index in [1.807, 2.05) is 18.2 Å². The monoisotopic (exact) mass is 741 g/mol. The predicted octanol–water partition coefficient (Wildman–Crippen LogP) is 8.44. The van der Waals surface area contributed by atoms with Crippen molar-refractivity contribution >= 4 is 33.1 Å². The molecule has 6 nitrogen and oxygen atoms in total. The molecule has 7 aromatic rings. The van der Waals surface area contributed by atoms with Crippen LogP contribution in [0, 0.1) is 20.8 Å². The van der Waals surface area contributed by atoms with Gasteiger partial charge in [-0.2, -0.15) is 0 Å². The molecule has 3 heterocycles. The maximum atomic E-state index is 3.41. The van der Waals surface area contributed by atoms with E-state index < -0.39 is 0 Å². The van der Waals surface area contributed by atoms with Crippen molar-refractivity contribution in [3.8, 4) is 0 Å². The van der Waals surface area contributed by atoms with E-state index in [1.54, 1.807) is 0 Å². The van der Waals surface area contributed by atoms with Crippen LogP contribution in [-0.4, -0.2) is 13.7 Å². The van der Waals surface area contributed by atoms with Crippen molar-refractivity contribution in [1.29, 1.82) is 0 Å². The summed E-state index contributed by atoms with van der Waals surface area (Å²) in [6.07, 6.45) is 25.6. The molecule has 0 saturated heterocycles. The van der Waals surface area contributed by atoms with Crippen LogP contribution >= 0.6 is 0 Å². The zero-order chi connectivity index (χ0) is 38.5. The van der Waals surface area contributed by atoms with E-state index >= 15 is 0 Å². The number of imidazole rings is 3. The van der Waals surface area contributed by atoms with E-state index in [0.29, 0.717) is 0 Å². The summed E-state index contributed by atoms with van der Waals surface area (Å²) < 4.78 is 14.4. The Morgan fingerprint density at radius 2 is 0.719 bits per heavy atom. The number of benzene rings is 4. The standard InChI is InChI=1S/C51H45N6/c1-37-43(31-55-34-52(28-40-16-4-5-17-40)46-22-10-13-25-49(46)55)38(2)45(33-57-36-54(30-42-20-8-9-21-42)48-24-12-15-27-51(48)57)39(3)44(37)32-56-35-53(29-41-18-6-7-19-41)47-23-11-14-26-50(47)56/h4-16,18,20,22-27,34-36H,28-33H2,1-3H3/q+3. The van der Waals surface area contributed by atoms with E-state index in [0.717, 1.165) is 39.3 Å². The molecule has 0 radical (unpaired) electrons. The minimum atomic E-state index is 0.773. The Bertz CT molecular complexity index is 2750. The van der Waals surface area contributed by atoms with Crippen LogP contribution in [-0.2, 0) is 39.3 Å². The number of nitrogens with zero attached hydrogens (tertiary/aromatic N) is 6. The van der Waals surface area contributed by atoms with Crippen LogP contribution in [0.3, 0.4) is 0 Å². The second-order valence-corrected chi connectivity index (χ2v) is 15.5. The minimum absolute atomic E-state index is 0.773. The molecule has 3 aliphatic carbocycles. The van der Waals surface area contributed by atoms with Gasteiger partial charge in [0, 0.05) is 33.4 Å². The molecular weight excluding hydrogens is 697 g/mol. The van der Waals surface area contributed by atoms with Gasteiger partial charge in [0.25, 0.3) is 0 Å². The molecule has 0 bridgehead atoms. The zero-order valence-corrected chi connectivity index (χ0v) is 32.8. The van der Waals surface area contributed by atoms with Crippen LogP contribution in [0.2, 0.25) is 0 Å². The topological polar surface area (TPSA) is 26.4 Å². The van der Waals surface area contributed by atoms with E-state index in [9.17, 15) is 0 Å². The van der Waals surface area contributed by atoms with Gasteiger partial charge in [0.05, 0.1) is 0 Å². The first-order valence-electron chi connectivity index (χ1n) is 19.9. The summed E-state index contributed by atoms with van der Waals surface area (Å²) in [7, 11) is 0. The van der Waals surface area contributed by atoms with Gasteiger partial charge in [-0.1, -0.05) is 54.6 Å². The third-order valence-electron chi connectivity index (χ3n) is 12.0. The van der Waals surface area contributed by atoms with Gasteiger partial charge < -0.3 is 0 Å². The number of rotatable bonds is 12. The smallest absolute Gasteiger partial charge is 0.226 e. The first-order valence-corrected chi connectivity index (χ1v) is 19.9. The highest BCUT2D eigenvalue weighted by atomic mass is 15.2. The lowest BCUT2D eigenvalue weighted by Crippen LogP contribution is -2.33. The summed E-state index contributed by atoms with van der Waals surface area (Å²) in [6, 6.07) is 26.4. The lowest BCUT2D eigenvalue weighted by Gasteiger charge is -2.20. The Kier molecular flexibility index (Phi) is 8.66. The number of fused-ring (bicyclic) bond motifs is 3. The molecule has 3 aromatic heterocycles. The Labute approximate surface area is 333 Å². The molecule has 276 valence electrons. The number of hydrogen-bond acceptors (Lipinski definition) is 0. The fourth-order valence-electron chi connectivity index (χ4n) is 9.04. The molecule has 57 heavy (non-hydrogen) atoms. The summed E-state index contributed by atoms with van der Waals surface area (Å²) in [6.45, 7) is 11.7. The van der Waals surface area contributed by atoms with Crippen molar-refractivity contribution in [3.05, 3.63) is 214 Å². The van der Waals surface area contributed by atoms with Gasteiger partial charge in [-0.15, -0.1) is 17.2 Å². The molecule has 0 aliphatic heterocycles. The second kappa shape index (κ2) is 14.3. The Balaban J connectivity index is 1.11. The molecule has 0 atom stereocenters. The molecule has 0 amide bonds. The molecule has 0 N–H and O–H groups in total. The van der Waals surface area contributed by atoms with Crippen LogP contribution in [0.1, 0.15) is 33.4 Å². The van der Waals surface area contributed by atoms with Crippen molar-refractivity contribution in [3.63, 3.8) is 0 Å². The predicted molar refractivity (Wildman–Crippen MR) is 227 cm³/mol. The van der Waals surface area contributed by atoms with Gasteiger partial charge in [0.2, 0.25) is 19.0 Å². The highest BCUT2D eigenvalue weighted by Crippen LogP contribution is 2.32. The lowest BCUT2D eigenvalue weighted by atomic mass is 9.87. The molecule has 0 fully saturated rings. The van der Waals surface area contributed by atoms with Gasteiger partial charge in [-0.25, -0.2) is 27.4 Å². The van der Waals surface area contributed by atoms with Gasteiger partial charge in [0.1, 0.15) is 39.3 Å². The van der Waals surface area contributed by atoms with Crippen molar-refractivity contribution in [2.24, 2.45) is 0 Å². The number of para-hydroxylation sites is 6. The van der Waals surface area contributed by atoms with Crippen LogP contribution < -0.4 is 13.7 Å². The molecular formula is C51H45N6+3. The van der Waals surface area contributed by atoms with Gasteiger partial charge >= 0.3 is 0 Å². The summed E-state index contributed by atoms with van der Waals surface area (Å²) in [4.78, 5) is 0. The first-order chi connectivity index (χ1) is 28.0. The van der Waals surface area contributed by atoms with Gasteiger partial charge in [0.15, 0.2) is 33.1 Å². The van der Waals surface area contributed by atoms with E-state index in [1.165, 1.54) is 83.2 Å². The average molecular weight is 742 g/mol. The lowest BCUT2D eigenvalue weighted by molar-refractivity contribution is -0.663. The molecule has 0 unspecified atom stereocenters. The Morgan fingerprint density at radius 3 is 1.00 bits per heavy atom. The molecule has 4 aromatic carbocycles. The minimum Gasteiger partial charge on any atom is -0.226 e. The summed E-state index contributed by atoms with van der Waals surface area (Å²) in [5.74, 6) is 0. The summed E-state index contributed by atoms with van der Waals surface area (Å²) >= 11 is 0. The van der Waals surface area contributed by atoms with Crippen LogP contribution in [0.5, 0.6) is 0 Å². The number of allylic oxidation sites excluding steroid dienone is 9. The van der Waals surface area contributed by atoms with E-state index in [4.69, 9.17) is 0 Å².